The molecule has 7 nitrogen and oxygen atoms in total. The van der Waals surface area contributed by atoms with E-state index in [0.717, 1.165) is 23.1 Å². The van der Waals surface area contributed by atoms with Crippen molar-refractivity contribution in [3.8, 4) is 0 Å². The van der Waals surface area contributed by atoms with Gasteiger partial charge >= 0.3 is 0 Å². The van der Waals surface area contributed by atoms with Crippen LogP contribution in [-0.2, 0) is 14.8 Å². The smallest absolute Gasteiger partial charge is 0.260 e. The highest BCUT2D eigenvalue weighted by atomic mass is 35.5. The summed E-state index contributed by atoms with van der Waals surface area (Å²) in [5.74, 6) is -0.274. The number of benzene rings is 2. The van der Waals surface area contributed by atoms with Gasteiger partial charge in [0.1, 0.15) is 0 Å². The zero-order valence-corrected chi connectivity index (χ0v) is 21.5. The molecule has 2 heterocycles. The number of carbonyl (C=O) groups is 1. The van der Waals surface area contributed by atoms with Crippen LogP contribution in [0.4, 0.5) is 5.13 Å². The van der Waals surface area contributed by atoms with Crippen molar-refractivity contribution < 1.29 is 17.9 Å². The summed E-state index contributed by atoms with van der Waals surface area (Å²) in [6.07, 6.45) is 4.77. The monoisotopic (exact) mass is 531 g/mol. The summed E-state index contributed by atoms with van der Waals surface area (Å²) in [5.41, 5.74) is 1.11. The first-order valence-electron chi connectivity index (χ1n) is 11.1. The zero-order chi connectivity index (χ0) is 25.0. The molecule has 184 valence electrons. The largest absolute Gasteiger partial charge is 0.376 e. The Morgan fingerprint density at radius 3 is 2.51 bits per heavy atom. The molecule has 0 aliphatic carbocycles. The first kappa shape index (κ1) is 25.5. The molecular weight excluding hydrogens is 506 g/mol. The Bertz CT molecular complexity index is 1320. The molecule has 4 rings (SSSR count). The van der Waals surface area contributed by atoms with Gasteiger partial charge in [-0.05, 0) is 55.3 Å². The molecular formula is C25H26ClN3O4S2. The minimum absolute atomic E-state index is 0.0828. The summed E-state index contributed by atoms with van der Waals surface area (Å²) in [4.78, 5) is 20.0. The van der Waals surface area contributed by atoms with E-state index in [0.29, 0.717) is 28.9 Å². The Hall–Kier alpha value is -2.56. The van der Waals surface area contributed by atoms with Crippen molar-refractivity contribution in [3.63, 3.8) is 0 Å². The highest BCUT2D eigenvalue weighted by Crippen LogP contribution is 2.32. The van der Waals surface area contributed by atoms with Gasteiger partial charge in [0.2, 0.25) is 10.0 Å². The van der Waals surface area contributed by atoms with Crippen LogP contribution in [0.15, 0.2) is 72.7 Å². The molecule has 1 aromatic heterocycles. The van der Waals surface area contributed by atoms with Crippen LogP contribution in [0.1, 0.15) is 23.2 Å². The van der Waals surface area contributed by atoms with E-state index < -0.39 is 10.0 Å². The summed E-state index contributed by atoms with van der Waals surface area (Å²) in [5, 5.41) is 1.14. The molecule has 1 saturated heterocycles. The molecule has 1 atom stereocenters. The maximum atomic E-state index is 13.6. The van der Waals surface area contributed by atoms with Gasteiger partial charge in [-0.3, -0.25) is 9.69 Å². The summed E-state index contributed by atoms with van der Waals surface area (Å²) in [7, 11) is -3.76. The van der Waals surface area contributed by atoms with Crippen molar-refractivity contribution >= 4 is 54.2 Å². The molecule has 1 aliphatic rings. The van der Waals surface area contributed by atoms with Gasteiger partial charge in [-0.2, -0.15) is 4.31 Å². The molecule has 35 heavy (non-hydrogen) atoms. The average molecular weight is 532 g/mol. The van der Waals surface area contributed by atoms with Gasteiger partial charge in [0, 0.05) is 30.3 Å². The third-order valence-electron chi connectivity index (χ3n) is 5.63. The summed E-state index contributed by atoms with van der Waals surface area (Å²) >= 11 is 7.51. The van der Waals surface area contributed by atoms with E-state index in [1.807, 2.05) is 12.1 Å². The normalized spacial score (nSPS) is 16.0. The second-order valence-corrected chi connectivity index (χ2v) is 11.5. The molecule has 10 heteroatoms. The van der Waals surface area contributed by atoms with Crippen molar-refractivity contribution in [3.05, 3.63) is 78.4 Å². The summed E-state index contributed by atoms with van der Waals surface area (Å²) in [6, 6.07) is 11.4. The number of fused-ring (bicyclic) bond motifs is 1. The van der Waals surface area contributed by atoms with Crippen molar-refractivity contribution in [2.24, 2.45) is 0 Å². The molecule has 3 aromatic rings. The molecule has 2 aromatic carbocycles. The van der Waals surface area contributed by atoms with Crippen LogP contribution >= 0.6 is 22.9 Å². The predicted molar refractivity (Wildman–Crippen MR) is 141 cm³/mol. The van der Waals surface area contributed by atoms with E-state index in [9.17, 15) is 13.2 Å². The fourth-order valence-electron chi connectivity index (χ4n) is 3.87. The first-order chi connectivity index (χ1) is 16.8. The van der Waals surface area contributed by atoms with Gasteiger partial charge in [-0.25, -0.2) is 13.4 Å². The maximum Gasteiger partial charge on any atom is 0.260 e. The SMILES string of the molecule is C=CCN(CC=C)S(=O)(=O)c1ccc(C(=O)N(CC2CCCO2)c2nc3ccc(Cl)cc3s2)cc1. The number of ether oxygens (including phenoxy) is 1. The van der Waals surface area contributed by atoms with Crippen molar-refractivity contribution in [2.45, 2.75) is 23.8 Å². The molecule has 1 amide bonds. The summed E-state index contributed by atoms with van der Waals surface area (Å²) in [6.45, 7) is 8.59. The number of halogens is 1. The molecule has 1 unspecified atom stereocenters. The van der Waals surface area contributed by atoms with Gasteiger partial charge in [0.25, 0.3) is 5.91 Å². The van der Waals surface area contributed by atoms with Crippen LogP contribution in [0.3, 0.4) is 0 Å². The molecule has 0 bridgehead atoms. The molecule has 1 fully saturated rings. The van der Waals surface area contributed by atoms with Gasteiger partial charge in [-0.15, -0.1) is 13.2 Å². The minimum Gasteiger partial charge on any atom is -0.376 e. The third kappa shape index (κ3) is 5.65. The average Bonchev–Trinajstić information content (AvgIpc) is 3.51. The van der Waals surface area contributed by atoms with E-state index in [2.05, 4.69) is 18.1 Å². The lowest BCUT2D eigenvalue weighted by atomic mass is 10.2. The first-order valence-corrected chi connectivity index (χ1v) is 13.8. The molecule has 0 spiro atoms. The highest BCUT2D eigenvalue weighted by Gasteiger charge is 2.28. The zero-order valence-electron chi connectivity index (χ0n) is 19.1. The quantitative estimate of drug-likeness (QED) is 0.338. The number of carbonyl (C=O) groups excluding carboxylic acids is 1. The van der Waals surface area contributed by atoms with Crippen molar-refractivity contribution in [1.29, 1.82) is 0 Å². The number of sulfonamides is 1. The Morgan fingerprint density at radius 1 is 1.17 bits per heavy atom. The topological polar surface area (TPSA) is 79.8 Å². The fourth-order valence-corrected chi connectivity index (χ4v) is 6.51. The number of hydrogen-bond acceptors (Lipinski definition) is 6. The number of amides is 1. The minimum atomic E-state index is -3.76. The van der Waals surface area contributed by atoms with Gasteiger partial charge < -0.3 is 4.74 Å². The number of anilines is 1. The van der Waals surface area contributed by atoms with E-state index in [-0.39, 0.29) is 30.0 Å². The van der Waals surface area contributed by atoms with E-state index in [1.165, 1.54) is 52.1 Å². The third-order valence-corrected chi connectivity index (χ3v) is 8.75. The highest BCUT2D eigenvalue weighted by molar-refractivity contribution is 7.89. The van der Waals surface area contributed by atoms with Crippen LogP contribution in [0.5, 0.6) is 0 Å². The number of aromatic nitrogens is 1. The Kier molecular flexibility index (Phi) is 8.03. The van der Waals surface area contributed by atoms with Crippen molar-refractivity contribution in [2.75, 3.05) is 31.1 Å². The Morgan fingerprint density at radius 2 is 1.89 bits per heavy atom. The number of thiazole rings is 1. The summed E-state index contributed by atoms with van der Waals surface area (Å²) < 4.78 is 33.9. The Balaban J connectivity index is 1.64. The second-order valence-electron chi connectivity index (χ2n) is 8.08. The van der Waals surface area contributed by atoms with Crippen LogP contribution in [0, 0.1) is 0 Å². The van der Waals surface area contributed by atoms with Crippen LogP contribution in [0.2, 0.25) is 5.02 Å². The standard InChI is InChI=1S/C25H26ClN3O4S2/c1-3-13-28(14-4-2)35(31,32)21-10-7-18(8-11-21)24(30)29(17-20-6-5-15-33-20)25-27-22-12-9-19(26)16-23(22)34-25/h3-4,7-12,16,20H,1-2,5-6,13-15,17H2. The Labute approximate surface area is 214 Å². The molecule has 0 radical (unpaired) electrons. The lowest BCUT2D eigenvalue weighted by molar-refractivity contribution is 0.0917. The number of rotatable bonds is 10. The molecule has 0 saturated carbocycles. The maximum absolute atomic E-state index is 13.6. The van der Waals surface area contributed by atoms with Gasteiger partial charge in [-0.1, -0.05) is 35.1 Å². The van der Waals surface area contributed by atoms with Crippen molar-refractivity contribution in [1.82, 2.24) is 9.29 Å². The van der Waals surface area contributed by atoms with Crippen LogP contribution in [-0.4, -0.2) is 56.0 Å². The lowest BCUT2D eigenvalue weighted by Crippen LogP contribution is -2.37. The van der Waals surface area contributed by atoms with Gasteiger partial charge in [0.15, 0.2) is 5.13 Å². The van der Waals surface area contributed by atoms with E-state index >= 15 is 0 Å². The fraction of sp³-hybridized carbons (Fsp3) is 0.280. The predicted octanol–water partition coefficient (Wildman–Crippen LogP) is 5.14. The number of nitrogens with zero attached hydrogens (tertiary/aromatic N) is 3. The number of hydrogen-bond donors (Lipinski definition) is 0. The lowest BCUT2D eigenvalue weighted by Gasteiger charge is -2.23. The molecule has 1 aliphatic heterocycles. The van der Waals surface area contributed by atoms with Crippen LogP contribution in [0.25, 0.3) is 10.2 Å². The van der Waals surface area contributed by atoms with Crippen LogP contribution < -0.4 is 4.90 Å². The van der Waals surface area contributed by atoms with E-state index in [4.69, 9.17) is 16.3 Å². The second kappa shape index (κ2) is 11.0. The van der Waals surface area contributed by atoms with Gasteiger partial charge in [0.05, 0.1) is 27.8 Å². The molecule has 0 N–H and O–H groups in total. The van der Waals surface area contributed by atoms with E-state index in [1.54, 1.807) is 11.0 Å².